The van der Waals surface area contributed by atoms with Gasteiger partial charge in [0.25, 0.3) is 0 Å². The summed E-state index contributed by atoms with van der Waals surface area (Å²) < 4.78 is 36.4. The number of thiazole rings is 1. The number of sulfonamides is 1. The summed E-state index contributed by atoms with van der Waals surface area (Å²) in [4.78, 5) is 4.70. The molecule has 3 rings (SSSR count). The van der Waals surface area contributed by atoms with Crippen LogP contribution in [-0.2, 0) is 10.0 Å². The molecule has 0 saturated heterocycles. The van der Waals surface area contributed by atoms with E-state index in [-0.39, 0.29) is 4.90 Å². The number of hydrogen-bond acceptors (Lipinski definition) is 8. The molecule has 1 aromatic heterocycles. The average molecular weight is 447 g/mol. The average Bonchev–Trinajstić information content (AvgIpc) is 3.23. The Morgan fingerprint density at radius 1 is 1.13 bits per heavy atom. The van der Waals surface area contributed by atoms with Gasteiger partial charge in [-0.1, -0.05) is 12.1 Å². The predicted molar refractivity (Wildman–Crippen MR) is 119 cm³/mol. The molecule has 30 heavy (non-hydrogen) atoms. The number of ether oxygens (including phenoxy) is 2. The Hall–Kier alpha value is -2.95. The van der Waals surface area contributed by atoms with Gasteiger partial charge in [0, 0.05) is 36.7 Å². The maximum atomic E-state index is 12.3. The van der Waals surface area contributed by atoms with Gasteiger partial charge in [0.05, 0.1) is 31.0 Å². The van der Waals surface area contributed by atoms with Crippen LogP contribution in [0.2, 0.25) is 0 Å². The van der Waals surface area contributed by atoms with Crippen molar-refractivity contribution >= 4 is 32.7 Å². The standard InChI is InChI=1S/C20H22N4O4S2/c1-24(2)30(25,26)17-7-5-6-14(10-17)18-13-29-20(22-18)23-21-12-15-8-9-16(27-3)11-19(15)28-4/h5-13H,1-4H3,(H,22,23)/b21-12-. The van der Waals surface area contributed by atoms with Crippen molar-refractivity contribution in [3.05, 3.63) is 53.4 Å². The molecule has 8 nitrogen and oxygen atoms in total. The molecule has 0 aliphatic rings. The zero-order valence-corrected chi connectivity index (χ0v) is 18.6. The Bertz CT molecular complexity index is 1160. The number of aromatic nitrogens is 1. The molecule has 1 heterocycles. The van der Waals surface area contributed by atoms with Crippen molar-refractivity contribution in [3.8, 4) is 22.8 Å². The number of hydrazone groups is 1. The quantitative estimate of drug-likeness (QED) is 0.420. The van der Waals surface area contributed by atoms with Crippen molar-refractivity contribution in [3.63, 3.8) is 0 Å². The Balaban J connectivity index is 1.76. The molecule has 0 amide bonds. The van der Waals surface area contributed by atoms with Crippen LogP contribution >= 0.6 is 11.3 Å². The molecule has 158 valence electrons. The summed E-state index contributed by atoms with van der Waals surface area (Å²) >= 11 is 1.37. The lowest BCUT2D eigenvalue weighted by Crippen LogP contribution is -2.22. The third-order valence-corrected chi connectivity index (χ3v) is 6.78. The lowest BCUT2D eigenvalue weighted by atomic mass is 10.2. The molecule has 0 atom stereocenters. The fraction of sp³-hybridized carbons (Fsp3) is 0.200. The van der Waals surface area contributed by atoms with Crippen LogP contribution in [-0.4, -0.2) is 52.2 Å². The minimum absolute atomic E-state index is 0.220. The first-order valence-corrected chi connectivity index (χ1v) is 11.2. The van der Waals surface area contributed by atoms with Crippen molar-refractivity contribution in [2.75, 3.05) is 33.7 Å². The molecule has 0 aliphatic heterocycles. The summed E-state index contributed by atoms with van der Waals surface area (Å²) in [6.07, 6.45) is 1.63. The van der Waals surface area contributed by atoms with Gasteiger partial charge in [0.2, 0.25) is 15.2 Å². The summed E-state index contributed by atoms with van der Waals surface area (Å²) in [5, 5.41) is 6.63. The molecule has 0 spiro atoms. The number of rotatable bonds is 8. The summed E-state index contributed by atoms with van der Waals surface area (Å²) in [5.74, 6) is 1.33. The van der Waals surface area contributed by atoms with Gasteiger partial charge in [-0.15, -0.1) is 11.3 Å². The number of anilines is 1. The summed E-state index contributed by atoms with van der Waals surface area (Å²) in [5.41, 5.74) is 5.05. The van der Waals surface area contributed by atoms with Crippen molar-refractivity contribution in [2.24, 2.45) is 5.10 Å². The second kappa shape index (κ2) is 9.24. The maximum absolute atomic E-state index is 12.3. The van der Waals surface area contributed by atoms with E-state index < -0.39 is 10.0 Å². The number of nitrogens with zero attached hydrogens (tertiary/aromatic N) is 3. The molecule has 0 aliphatic carbocycles. The van der Waals surface area contributed by atoms with Crippen LogP contribution in [0.1, 0.15) is 5.56 Å². The van der Waals surface area contributed by atoms with Crippen LogP contribution in [0.25, 0.3) is 11.3 Å². The number of nitrogens with one attached hydrogen (secondary N) is 1. The monoisotopic (exact) mass is 446 g/mol. The first-order chi connectivity index (χ1) is 14.3. The van der Waals surface area contributed by atoms with E-state index in [1.54, 1.807) is 44.7 Å². The highest BCUT2D eigenvalue weighted by Gasteiger charge is 2.18. The third-order valence-electron chi connectivity index (χ3n) is 4.22. The molecule has 0 unspecified atom stereocenters. The van der Waals surface area contributed by atoms with Crippen LogP contribution in [0.5, 0.6) is 11.5 Å². The van der Waals surface area contributed by atoms with Gasteiger partial charge in [-0.2, -0.15) is 5.10 Å². The first kappa shape index (κ1) is 21.8. The van der Waals surface area contributed by atoms with Crippen molar-refractivity contribution < 1.29 is 17.9 Å². The highest BCUT2D eigenvalue weighted by molar-refractivity contribution is 7.89. The molecule has 3 aromatic rings. The van der Waals surface area contributed by atoms with E-state index in [1.807, 2.05) is 23.6 Å². The molecule has 0 saturated carbocycles. The van der Waals surface area contributed by atoms with Gasteiger partial charge in [-0.25, -0.2) is 17.7 Å². The van der Waals surface area contributed by atoms with Gasteiger partial charge in [0.1, 0.15) is 11.5 Å². The van der Waals surface area contributed by atoms with E-state index in [2.05, 4.69) is 15.5 Å². The Labute approximate surface area is 179 Å². The van der Waals surface area contributed by atoms with E-state index in [1.165, 1.54) is 29.7 Å². The van der Waals surface area contributed by atoms with Gasteiger partial charge < -0.3 is 9.47 Å². The lowest BCUT2D eigenvalue weighted by Gasteiger charge is -2.11. The topological polar surface area (TPSA) is 93.1 Å². The van der Waals surface area contributed by atoms with E-state index in [0.717, 1.165) is 5.56 Å². The van der Waals surface area contributed by atoms with Gasteiger partial charge in [-0.3, -0.25) is 5.43 Å². The van der Waals surface area contributed by atoms with Gasteiger partial charge in [-0.05, 0) is 24.3 Å². The predicted octanol–water partition coefficient (Wildman–Crippen LogP) is 3.52. The van der Waals surface area contributed by atoms with E-state index in [9.17, 15) is 8.42 Å². The Morgan fingerprint density at radius 2 is 1.93 bits per heavy atom. The number of hydrogen-bond donors (Lipinski definition) is 1. The van der Waals surface area contributed by atoms with Crippen LogP contribution in [0, 0.1) is 0 Å². The van der Waals surface area contributed by atoms with E-state index >= 15 is 0 Å². The fourth-order valence-electron chi connectivity index (χ4n) is 2.57. The molecule has 0 bridgehead atoms. The molecule has 0 fully saturated rings. The summed E-state index contributed by atoms with van der Waals surface area (Å²) in [6.45, 7) is 0. The molecule has 10 heteroatoms. The maximum Gasteiger partial charge on any atom is 0.242 e. The zero-order valence-electron chi connectivity index (χ0n) is 17.0. The smallest absolute Gasteiger partial charge is 0.242 e. The highest BCUT2D eigenvalue weighted by atomic mass is 32.2. The SMILES string of the molecule is COc1ccc(/C=N\Nc2nc(-c3cccc(S(=O)(=O)N(C)C)c3)cs2)c(OC)c1. The van der Waals surface area contributed by atoms with E-state index in [4.69, 9.17) is 9.47 Å². The van der Waals surface area contributed by atoms with Crippen molar-refractivity contribution in [2.45, 2.75) is 4.90 Å². The molecular formula is C20H22N4O4S2. The summed E-state index contributed by atoms with van der Waals surface area (Å²) in [7, 11) is 2.67. The van der Waals surface area contributed by atoms with Crippen LogP contribution in [0.4, 0.5) is 5.13 Å². The van der Waals surface area contributed by atoms with E-state index in [0.29, 0.717) is 27.9 Å². The molecular weight excluding hydrogens is 424 g/mol. The first-order valence-electron chi connectivity index (χ1n) is 8.84. The Morgan fingerprint density at radius 3 is 2.63 bits per heavy atom. The molecule has 2 aromatic carbocycles. The molecule has 0 radical (unpaired) electrons. The Kier molecular flexibility index (Phi) is 6.70. The normalized spacial score (nSPS) is 11.8. The fourth-order valence-corrected chi connectivity index (χ4v) is 4.18. The van der Waals surface area contributed by atoms with Gasteiger partial charge in [0.15, 0.2) is 0 Å². The van der Waals surface area contributed by atoms with Crippen molar-refractivity contribution in [1.82, 2.24) is 9.29 Å². The number of benzene rings is 2. The second-order valence-corrected chi connectivity index (χ2v) is 9.34. The van der Waals surface area contributed by atoms with Gasteiger partial charge >= 0.3 is 0 Å². The second-order valence-electron chi connectivity index (χ2n) is 6.33. The lowest BCUT2D eigenvalue weighted by molar-refractivity contribution is 0.394. The number of methoxy groups -OCH3 is 2. The minimum Gasteiger partial charge on any atom is -0.497 e. The van der Waals surface area contributed by atoms with Crippen molar-refractivity contribution in [1.29, 1.82) is 0 Å². The highest BCUT2D eigenvalue weighted by Crippen LogP contribution is 2.27. The zero-order chi connectivity index (χ0) is 21.7. The minimum atomic E-state index is -3.51. The van der Waals surface area contributed by atoms with Crippen LogP contribution < -0.4 is 14.9 Å². The van der Waals surface area contributed by atoms with Crippen LogP contribution in [0.3, 0.4) is 0 Å². The largest absolute Gasteiger partial charge is 0.497 e. The third kappa shape index (κ3) is 4.78. The molecule has 1 N–H and O–H groups in total. The summed E-state index contributed by atoms with van der Waals surface area (Å²) in [6, 6.07) is 12.1. The van der Waals surface area contributed by atoms with Crippen LogP contribution in [0.15, 0.2) is 57.8 Å².